The van der Waals surface area contributed by atoms with Crippen LogP contribution in [0.2, 0.25) is 0 Å². The Kier molecular flexibility index (Phi) is 4.77. The van der Waals surface area contributed by atoms with Gasteiger partial charge in [0.1, 0.15) is 5.75 Å². The lowest BCUT2D eigenvalue weighted by atomic mass is 10.0. The average molecular weight is 259 g/mol. The van der Waals surface area contributed by atoms with Crippen molar-refractivity contribution in [1.29, 1.82) is 0 Å². The van der Waals surface area contributed by atoms with E-state index in [1.54, 1.807) is 7.11 Å². The minimum atomic E-state index is 0.126. The highest BCUT2D eigenvalue weighted by atomic mass is 16.5. The van der Waals surface area contributed by atoms with E-state index in [0.717, 1.165) is 35.9 Å². The van der Waals surface area contributed by atoms with Gasteiger partial charge in [0.05, 0.1) is 0 Å². The number of nitrogens with one attached hydrogen (secondary N) is 1. The van der Waals surface area contributed by atoms with Crippen LogP contribution in [0.5, 0.6) is 5.75 Å². The Morgan fingerprint density at radius 2 is 2.00 bits per heavy atom. The maximum absolute atomic E-state index is 10.4. The number of fused-ring (bicyclic) bond motifs is 1. The van der Waals surface area contributed by atoms with Gasteiger partial charge in [-0.05, 0) is 25.3 Å². The summed E-state index contributed by atoms with van der Waals surface area (Å²) in [6, 6.07) is 12.1. The summed E-state index contributed by atoms with van der Waals surface area (Å²) in [6.07, 6.45) is 0.967. The molecule has 19 heavy (non-hydrogen) atoms. The molecule has 0 aliphatic heterocycles. The van der Waals surface area contributed by atoms with E-state index >= 15 is 0 Å². The number of ether oxygens (including phenoxy) is 1. The van der Waals surface area contributed by atoms with E-state index in [0.29, 0.717) is 5.75 Å². The Hall–Kier alpha value is -1.58. The molecule has 1 atom stereocenters. The number of benzene rings is 2. The minimum absolute atomic E-state index is 0.126. The molecule has 0 saturated heterocycles. The molecule has 3 heteroatoms. The van der Waals surface area contributed by atoms with Gasteiger partial charge in [0.2, 0.25) is 0 Å². The second-order valence-corrected chi connectivity index (χ2v) is 4.75. The van der Waals surface area contributed by atoms with Gasteiger partial charge in [-0.2, -0.15) is 0 Å². The highest BCUT2D eigenvalue weighted by molar-refractivity contribution is 5.89. The molecule has 0 bridgehead atoms. The first-order valence-electron chi connectivity index (χ1n) is 6.67. The van der Waals surface area contributed by atoms with Crippen LogP contribution in [-0.4, -0.2) is 25.4 Å². The summed E-state index contributed by atoms with van der Waals surface area (Å²) >= 11 is 0. The molecule has 0 amide bonds. The molecule has 0 aliphatic rings. The summed E-state index contributed by atoms with van der Waals surface area (Å²) < 4.78 is 5.02. The van der Waals surface area contributed by atoms with Crippen LogP contribution < -0.4 is 5.32 Å². The van der Waals surface area contributed by atoms with E-state index in [1.807, 2.05) is 30.3 Å². The van der Waals surface area contributed by atoms with Gasteiger partial charge >= 0.3 is 0 Å². The van der Waals surface area contributed by atoms with Crippen LogP contribution in [0, 0.1) is 0 Å². The number of phenolic OH excluding ortho intramolecular Hbond substituents is 1. The number of methoxy groups -OCH3 is 1. The number of phenols is 1. The van der Waals surface area contributed by atoms with E-state index < -0.39 is 0 Å². The van der Waals surface area contributed by atoms with Gasteiger partial charge in [0.15, 0.2) is 0 Å². The third kappa shape index (κ3) is 3.25. The van der Waals surface area contributed by atoms with E-state index in [2.05, 4.69) is 18.3 Å². The van der Waals surface area contributed by atoms with Gasteiger partial charge in [-0.3, -0.25) is 0 Å². The van der Waals surface area contributed by atoms with Gasteiger partial charge in [-0.25, -0.2) is 0 Å². The Morgan fingerprint density at radius 1 is 1.21 bits per heavy atom. The molecule has 2 aromatic carbocycles. The van der Waals surface area contributed by atoms with Gasteiger partial charge in [0.25, 0.3) is 0 Å². The van der Waals surface area contributed by atoms with Crippen LogP contribution in [-0.2, 0) is 4.74 Å². The molecule has 0 spiro atoms. The first-order valence-corrected chi connectivity index (χ1v) is 6.67. The van der Waals surface area contributed by atoms with Crippen LogP contribution in [0.3, 0.4) is 0 Å². The zero-order valence-electron chi connectivity index (χ0n) is 11.5. The molecular formula is C16H21NO2. The van der Waals surface area contributed by atoms with Crippen molar-refractivity contribution in [3.8, 4) is 5.75 Å². The summed E-state index contributed by atoms with van der Waals surface area (Å²) in [5, 5.41) is 15.7. The van der Waals surface area contributed by atoms with Crippen molar-refractivity contribution in [3.05, 3.63) is 42.0 Å². The van der Waals surface area contributed by atoms with E-state index in [4.69, 9.17) is 4.74 Å². The molecule has 0 saturated carbocycles. The highest BCUT2D eigenvalue weighted by Crippen LogP contribution is 2.32. The lowest BCUT2D eigenvalue weighted by Crippen LogP contribution is -2.20. The number of hydrogen-bond acceptors (Lipinski definition) is 3. The van der Waals surface area contributed by atoms with E-state index in [-0.39, 0.29) is 6.04 Å². The molecule has 2 aromatic rings. The highest BCUT2D eigenvalue weighted by Gasteiger charge is 2.11. The largest absolute Gasteiger partial charge is 0.507 e. The number of aromatic hydroxyl groups is 1. The molecule has 1 unspecified atom stereocenters. The minimum Gasteiger partial charge on any atom is -0.507 e. The predicted molar refractivity (Wildman–Crippen MR) is 78.5 cm³/mol. The number of rotatable bonds is 6. The Labute approximate surface area is 114 Å². The second kappa shape index (κ2) is 6.55. The lowest BCUT2D eigenvalue weighted by molar-refractivity contribution is 0.193. The van der Waals surface area contributed by atoms with Crippen LogP contribution in [0.25, 0.3) is 10.8 Å². The zero-order chi connectivity index (χ0) is 13.7. The molecule has 102 valence electrons. The second-order valence-electron chi connectivity index (χ2n) is 4.75. The summed E-state index contributed by atoms with van der Waals surface area (Å²) in [4.78, 5) is 0. The Balaban J connectivity index is 2.13. The Morgan fingerprint density at radius 3 is 2.79 bits per heavy atom. The van der Waals surface area contributed by atoms with Crippen molar-refractivity contribution in [3.63, 3.8) is 0 Å². The molecule has 0 radical (unpaired) electrons. The molecule has 0 fully saturated rings. The van der Waals surface area contributed by atoms with Crippen molar-refractivity contribution in [2.24, 2.45) is 0 Å². The fraction of sp³-hybridized carbons (Fsp3) is 0.375. The fourth-order valence-electron chi connectivity index (χ4n) is 2.27. The van der Waals surface area contributed by atoms with Crippen LogP contribution in [0.4, 0.5) is 0 Å². The van der Waals surface area contributed by atoms with Gasteiger partial charge in [0, 0.05) is 30.7 Å². The van der Waals surface area contributed by atoms with Crippen molar-refractivity contribution in [2.75, 3.05) is 20.3 Å². The first kappa shape index (κ1) is 13.8. The van der Waals surface area contributed by atoms with Gasteiger partial charge in [-0.15, -0.1) is 0 Å². The summed E-state index contributed by atoms with van der Waals surface area (Å²) in [5.41, 5.74) is 0.941. The third-order valence-electron chi connectivity index (χ3n) is 3.37. The van der Waals surface area contributed by atoms with Crippen molar-refractivity contribution in [1.82, 2.24) is 5.32 Å². The maximum atomic E-state index is 10.4. The van der Waals surface area contributed by atoms with E-state index in [1.165, 1.54) is 0 Å². The van der Waals surface area contributed by atoms with Crippen molar-refractivity contribution < 1.29 is 9.84 Å². The van der Waals surface area contributed by atoms with Gasteiger partial charge < -0.3 is 15.2 Å². The first-order chi connectivity index (χ1) is 9.24. The molecule has 2 N–H and O–H groups in total. The summed E-state index contributed by atoms with van der Waals surface area (Å²) in [7, 11) is 1.71. The standard InChI is InChI=1S/C16H21NO2/c1-12(17-10-5-11-19-2)14-9-8-13-6-3-4-7-15(13)16(14)18/h3-4,6-9,12,17-18H,5,10-11H2,1-2H3. The maximum Gasteiger partial charge on any atom is 0.128 e. The molecule has 0 aliphatic carbocycles. The number of hydrogen-bond donors (Lipinski definition) is 2. The zero-order valence-corrected chi connectivity index (χ0v) is 11.5. The van der Waals surface area contributed by atoms with Crippen molar-refractivity contribution >= 4 is 10.8 Å². The molecule has 3 nitrogen and oxygen atoms in total. The van der Waals surface area contributed by atoms with Crippen LogP contribution in [0.1, 0.15) is 24.9 Å². The predicted octanol–water partition coefficient (Wildman–Crippen LogP) is 3.23. The normalized spacial score (nSPS) is 12.7. The van der Waals surface area contributed by atoms with Crippen molar-refractivity contribution in [2.45, 2.75) is 19.4 Å². The molecule has 0 aromatic heterocycles. The average Bonchev–Trinajstić information content (AvgIpc) is 2.44. The lowest BCUT2D eigenvalue weighted by Gasteiger charge is -2.16. The quantitative estimate of drug-likeness (QED) is 0.783. The fourth-order valence-corrected chi connectivity index (χ4v) is 2.27. The third-order valence-corrected chi connectivity index (χ3v) is 3.37. The summed E-state index contributed by atoms with van der Waals surface area (Å²) in [5.74, 6) is 0.379. The smallest absolute Gasteiger partial charge is 0.128 e. The van der Waals surface area contributed by atoms with Crippen LogP contribution >= 0.6 is 0 Å². The molecule has 0 heterocycles. The topological polar surface area (TPSA) is 41.5 Å². The SMILES string of the molecule is COCCCNC(C)c1ccc2ccccc2c1O. The van der Waals surface area contributed by atoms with Gasteiger partial charge in [-0.1, -0.05) is 36.4 Å². The monoisotopic (exact) mass is 259 g/mol. The Bertz CT molecular complexity index is 539. The molecule has 2 rings (SSSR count). The summed E-state index contributed by atoms with van der Waals surface area (Å²) in [6.45, 7) is 3.70. The van der Waals surface area contributed by atoms with Crippen LogP contribution in [0.15, 0.2) is 36.4 Å². The molecular weight excluding hydrogens is 238 g/mol. The van der Waals surface area contributed by atoms with E-state index in [9.17, 15) is 5.11 Å².